The number of nitro groups is 1. The van der Waals surface area contributed by atoms with Crippen LogP contribution in [-0.4, -0.2) is 46.3 Å². The smallest absolute Gasteiger partial charge is 0.338 e. The lowest BCUT2D eigenvalue weighted by Crippen LogP contribution is -2.22. The number of nitrogens with one attached hydrogen (secondary N) is 1. The molecule has 0 fully saturated rings. The number of hydrogen-bond donors (Lipinski definition) is 1. The molecular weight excluding hydrogens is 439 g/mol. The Morgan fingerprint density at radius 1 is 1.09 bits per heavy atom. The Kier molecular flexibility index (Phi) is 6.77. The summed E-state index contributed by atoms with van der Waals surface area (Å²) in [6.07, 6.45) is 0. The zero-order chi connectivity index (χ0) is 24.1. The minimum absolute atomic E-state index is 0.221. The molecule has 0 spiro atoms. The largest absolute Gasteiger partial charge is 0.465 e. The lowest BCUT2D eigenvalue weighted by Gasteiger charge is -2.10. The Hall–Kier alpha value is -4.61. The number of non-ortho nitro benzene ring substituents is 1. The molecule has 2 aromatic carbocycles. The van der Waals surface area contributed by atoms with Gasteiger partial charge in [-0.05, 0) is 37.3 Å². The number of carbonyl (C=O) groups is 3. The van der Waals surface area contributed by atoms with Gasteiger partial charge in [0.1, 0.15) is 11.6 Å². The highest BCUT2D eigenvalue weighted by Crippen LogP contribution is 2.20. The molecular formula is C21H17FN4O7. The summed E-state index contributed by atoms with van der Waals surface area (Å²) in [6.45, 7) is 0.972. The van der Waals surface area contributed by atoms with E-state index in [2.05, 4.69) is 15.2 Å². The Labute approximate surface area is 185 Å². The predicted molar refractivity (Wildman–Crippen MR) is 112 cm³/mol. The molecule has 0 aliphatic heterocycles. The number of carbonyl (C=O) groups excluding carboxylic acids is 3. The van der Waals surface area contributed by atoms with Gasteiger partial charge < -0.3 is 14.8 Å². The third-order valence-electron chi connectivity index (χ3n) is 4.29. The van der Waals surface area contributed by atoms with Crippen LogP contribution in [0.15, 0.2) is 48.5 Å². The number of nitro benzene ring substituents is 1. The Morgan fingerprint density at radius 3 is 2.33 bits per heavy atom. The molecule has 0 saturated heterocycles. The van der Waals surface area contributed by atoms with E-state index in [0.717, 1.165) is 25.3 Å². The third-order valence-corrected chi connectivity index (χ3v) is 4.29. The first-order chi connectivity index (χ1) is 15.7. The van der Waals surface area contributed by atoms with Crippen LogP contribution < -0.4 is 5.32 Å². The van der Waals surface area contributed by atoms with Gasteiger partial charge in [-0.25, -0.2) is 18.7 Å². The molecule has 3 rings (SSSR count). The summed E-state index contributed by atoms with van der Waals surface area (Å²) in [4.78, 5) is 46.7. The first kappa shape index (κ1) is 23.1. The zero-order valence-corrected chi connectivity index (χ0v) is 17.4. The number of amides is 1. The van der Waals surface area contributed by atoms with E-state index in [0.29, 0.717) is 11.4 Å². The van der Waals surface area contributed by atoms with Gasteiger partial charge in [-0.1, -0.05) is 0 Å². The standard InChI is InChI=1S/C21H17FN4O7/c1-12-7-18(25(24-12)16-5-3-15(22)4-6-16)23-19(27)11-33-21(29)14-8-13(20(28)32-2)9-17(10-14)26(30)31/h3-10H,11H2,1-2H3,(H,23,27). The number of benzene rings is 2. The summed E-state index contributed by atoms with van der Waals surface area (Å²) in [5.41, 5.74) is 0.0154. The van der Waals surface area contributed by atoms with Crippen LogP contribution in [0.4, 0.5) is 15.9 Å². The van der Waals surface area contributed by atoms with Crippen molar-refractivity contribution in [2.24, 2.45) is 0 Å². The maximum atomic E-state index is 13.2. The van der Waals surface area contributed by atoms with Crippen molar-refractivity contribution in [3.8, 4) is 5.69 Å². The van der Waals surface area contributed by atoms with Crippen LogP contribution in [0.2, 0.25) is 0 Å². The number of aromatic nitrogens is 2. The van der Waals surface area contributed by atoms with Crippen molar-refractivity contribution in [1.82, 2.24) is 9.78 Å². The van der Waals surface area contributed by atoms with E-state index in [9.17, 15) is 28.9 Å². The fourth-order valence-electron chi connectivity index (χ4n) is 2.83. The van der Waals surface area contributed by atoms with Gasteiger partial charge in [0.05, 0.1) is 34.5 Å². The lowest BCUT2D eigenvalue weighted by atomic mass is 10.1. The minimum atomic E-state index is -1.05. The molecule has 1 heterocycles. The first-order valence-corrected chi connectivity index (χ1v) is 9.35. The van der Waals surface area contributed by atoms with Gasteiger partial charge in [-0.3, -0.25) is 14.9 Å². The van der Waals surface area contributed by atoms with E-state index < -0.39 is 40.9 Å². The Morgan fingerprint density at radius 2 is 1.73 bits per heavy atom. The molecule has 11 nitrogen and oxygen atoms in total. The lowest BCUT2D eigenvalue weighted by molar-refractivity contribution is -0.384. The second-order valence-corrected chi connectivity index (χ2v) is 6.70. The fraction of sp³-hybridized carbons (Fsp3) is 0.143. The maximum Gasteiger partial charge on any atom is 0.338 e. The van der Waals surface area contributed by atoms with Crippen molar-refractivity contribution in [2.75, 3.05) is 19.0 Å². The molecule has 3 aromatic rings. The van der Waals surface area contributed by atoms with Crippen molar-refractivity contribution >= 4 is 29.4 Å². The summed E-state index contributed by atoms with van der Waals surface area (Å²) >= 11 is 0. The summed E-state index contributed by atoms with van der Waals surface area (Å²) in [5.74, 6) is -2.83. The van der Waals surface area contributed by atoms with Gasteiger partial charge in [0, 0.05) is 18.2 Å². The van der Waals surface area contributed by atoms with E-state index in [-0.39, 0.29) is 16.9 Å². The highest BCUT2D eigenvalue weighted by Gasteiger charge is 2.20. The SMILES string of the molecule is COC(=O)c1cc(C(=O)OCC(=O)Nc2cc(C)nn2-c2ccc(F)cc2)cc([N+](=O)[O-])c1. The number of ether oxygens (including phenoxy) is 2. The monoisotopic (exact) mass is 456 g/mol. The van der Waals surface area contributed by atoms with Crippen LogP contribution in [0.25, 0.3) is 5.69 Å². The summed E-state index contributed by atoms with van der Waals surface area (Å²) in [5, 5.41) is 17.8. The number of halogens is 1. The van der Waals surface area contributed by atoms with E-state index in [4.69, 9.17) is 4.74 Å². The highest BCUT2D eigenvalue weighted by atomic mass is 19.1. The molecule has 12 heteroatoms. The average Bonchev–Trinajstić information content (AvgIpc) is 3.16. The van der Waals surface area contributed by atoms with E-state index in [1.165, 1.54) is 28.9 Å². The Balaban J connectivity index is 1.71. The summed E-state index contributed by atoms with van der Waals surface area (Å²) < 4.78 is 24.0. The molecule has 33 heavy (non-hydrogen) atoms. The third kappa shape index (κ3) is 5.55. The van der Waals surface area contributed by atoms with Gasteiger partial charge >= 0.3 is 11.9 Å². The molecule has 0 atom stereocenters. The zero-order valence-electron chi connectivity index (χ0n) is 17.4. The average molecular weight is 456 g/mol. The van der Waals surface area contributed by atoms with Crippen molar-refractivity contribution < 1.29 is 33.2 Å². The first-order valence-electron chi connectivity index (χ1n) is 9.35. The van der Waals surface area contributed by atoms with E-state index in [1.807, 2.05) is 0 Å². The molecule has 0 saturated carbocycles. The van der Waals surface area contributed by atoms with Crippen LogP contribution in [0.3, 0.4) is 0 Å². The van der Waals surface area contributed by atoms with Gasteiger partial charge in [-0.15, -0.1) is 0 Å². The highest BCUT2D eigenvalue weighted by molar-refractivity contribution is 5.98. The number of aryl methyl sites for hydroxylation is 1. The van der Waals surface area contributed by atoms with Gasteiger partial charge in [-0.2, -0.15) is 5.10 Å². The van der Waals surface area contributed by atoms with Crippen molar-refractivity contribution in [3.05, 3.63) is 81.3 Å². The molecule has 0 unspecified atom stereocenters. The van der Waals surface area contributed by atoms with Crippen LogP contribution in [0.1, 0.15) is 26.4 Å². The Bertz CT molecular complexity index is 1240. The van der Waals surface area contributed by atoms with E-state index >= 15 is 0 Å². The molecule has 1 aromatic heterocycles. The molecule has 0 aliphatic rings. The normalized spacial score (nSPS) is 10.4. The number of nitrogens with zero attached hydrogens (tertiary/aromatic N) is 3. The second-order valence-electron chi connectivity index (χ2n) is 6.70. The van der Waals surface area contributed by atoms with Crippen molar-refractivity contribution in [1.29, 1.82) is 0 Å². The summed E-state index contributed by atoms with van der Waals surface area (Å²) in [7, 11) is 1.09. The van der Waals surface area contributed by atoms with Gasteiger partial charge in [0.15, 0.2) is 6.61 Å². The van der Waals surface area contributed by atoms with Gasteiger partial charge in [0.2, 0.25) is 0 Å². The number of methoxy groups -OCH3 is 1. The number of hydrogen-bond acceptors (Lipinski definition) is 8. The number of anilines is 1. The van der Waals surface area contributed by atoms with Gasteiger partial charge in [0.25, 0.3) is 11.6 Å². The van der Waals surface area contributed by atoms with Crippen LogP contribution >= 0.6 is 0 Å². The fourth-order valence-corrected chi connectivity index (χ4v) is 2.83. The van der Waals surface area contributed by atoms with E-state index in [1.54, 1.807) is 13.0 Å². The van der Waals surface area contributed by atoms with Crippen LogP contribution in [-0.2, 0) is 14.3 Å². The molecule has 0 radical (unpaired) electrons. The molecule has 0 bridgehead atoms. The second kappa shape index (κ2) is 9.68. The van der Waals surface area contributed by atoms with Crippen molar-refractivity contribution in [2.45, 2.75) is 6.92 Å². The van der Waals surface area contributed by atoms with Crippen LogP contribution in [0, 0.1) is 22.9 Å². The molecule has 1 amide bonds. The molecule has 0 aliphatic carbocycles. The van der Waals surface area contributed by atoms with Crippen molar-refractivity contribution in [3.63, 3.8) is 0 Å². The maximum absolute atomic E-state index is 13.2. The molecule has 1 N–H and O–H groups in total. The topological polar surface area (TPSA) is 143 Å². The van der Waals surface area contributed by atoms with Crippen LogP contribution in [0.5, 0.6) is 0 Å². The quantitative estimate of drug-likeness (QED) is 0.325. The number of esters is 2. The summed E-state index contributed by atoms with van der Waals surface area (Å²) in [6, 6.07) is 9.91. The minimum Gasteiger partial charge on any atom is -0.465 e. The molecule has 170 valence electrons. The number of rotatable bonds is 7. The predicted octanol–water partition coefficient (Wildman–Crippen LogP) is 2.81.